The smallest absolute Gasteiger partial charge is 0.191 e. The fraction of sp³-hybridized carbons (Fsp3) is 0.526. The Labute approximate surface area is 158 Å². The summed E-state index contributed by atoms with van der Waals surface area (Å²) in [5, 5.41) is 18.7. The Morgan fingerprint density at radius 1 is 1.46 bits per heavy atom. The lowest BCUT2D eigenvalue weighted by atomic mass is 10.1. The zero-order valence-electron chi connectivity index (χ0n) is 15.1. The van der Waals surface area contributed by atoms with Crippen LogP contribution < -0.4 is 5.73 Å². The Balaban J connectivity index is 1.77. The second-order valence-corrected chi connectivity index (χ2v) is 7.52. The van der Waals surface area contributed by atoms with Gasteiger partial charge in [0.05, 0.1) is 30.3 Å². The maximum absolute atomic E-state index is 9.05. The van der Waals surface area contributed by atoms with Crippen LogP contribution in [0.2, 0.25) is 0 Å². The molecule has 1 aromatic heterocycles. The first-order valence-corrected chi connectivity index (χ1v) is 10.1. The van der Waals surface area contributed by atoms with Crippen LogP contribution >= 0.6 is 11.8 Å². The van der Waals surface area contributed by atoms with Gasteiger partial charge in [-0.2, -0.15) is 5.26 Å². The number of benzene rings is 1. The first-order valence-electron chi connectivity index (χ1n) is 9.13. The molecule has 1 aliphatic rings. The van der Waals surface area contributed by atoms with Crippen molar-refractivity contribution in [3.63, 3.8) is 0 Å². The fourth-order valence-corrected chi connectivity index (χ4v) is 4.06. The first kappa shape index (κ1) is 18.9. The summed E-state index contributed by atoms with van der Waals surface area (Å²) in [6, 6.07) is 9.74. The highest BCUT2D eigenvalue weighted by Gasteiger charge is 2.23. The van der Waals surface area contributed by atoms with Gasteiger partial charge in [-0.25, -0.2) is 0 Å². The minimum atomic E-state index is -0.106. The molecule has 0 spiro atoms. The molecular formula is C19H25N5OS. The Hall–Kier alpha value is -1.88. The van der Waals surface area contributed by atoms with Crippen LogP contribution in [0.4, 0.5) is 0 Å². The van der Waals surface area contributed by atoms with Crippen molar-refractivity contribution in [2.75, 3.05) is 6.61 Å². The van der Waals surface area contributed by atoms with E-state index < -0.39 is 0 Å². The second-order valence-electron chi connectivity index (χ2n) is 6.58. The quantitative estimate of drug-likeness (QED) is 0.715. The van der Waals surface area contributed by atoms with Crippen LogP contribution in [0.15, 0.2) is 29.4 Å². The number of rotatable bonds is 8. The van der Waals surface area contributed by atoms with Crippen molar-refractivity contribution in [2.24, 2.45) is 5.73 Å². The number of hydrogen-bond acceptors (Lipinski definition) is 6. The van der Waals surface area contributed by atoms with E-state index in [-0.39, 0.29) is 12.1 Å². The maximum atomic E-state index is 9.05. The molecule has 3 rings (SSSR count). The predicted octanol–water partition coefficient (Wildman–Crippen LogP) is 3.42. The normalized spacial score (nSPS) is 18.0. The van der Waals surface area contributed by atoms with E-state index in [9.17, 15) is 0 Å². The number of ether oxygens (including phenoxy) is 1. The monoisotopic (exact) mass is 371 g/mol. The summed E-state index contributed by atoms with van der Waals surface area (Å²) < 4.78 is 7.94. The van der Waals surface area contributed by atoms with E-state index in [0.717, 1.165) is 61.1 Å². The summed E-state index contributed by atoms with van der Waals surface area (Å²) in [6.07, 6.45) is 4.28. The van der Waals surface area contributed by atoms with Crippen LogP contribution in [0.25, 0.3) is 0 Å². The van der Waals surface area contributed by atoms with Gasteiger partial charge in [-0.15, -0.1) is 10.2 Å². The van der Waals surface area contributed by atoms with E-state index in [2.05, 4.69) is 27.8 Å². The second kappa shape index (κ2) is 9.17. The molecule has 7 heteroatoms. The third kappa shape index (κ3) is 4.64. The topological polar surface area (TPSA) is 89.8 Å². The van der Waals surface area contributed by atoms with Crippen molar-refractivity contribution >= 4 is 11.8 Å². The van der Waals surface area contributed by atoms with Crippen LogP contribution in [0.3, 0.4) is 0 Å². The van der Waals surface area contributed by atoms with Gasteiger partial charge in [-0.3, -0.25) is 0 Å². The van der Waals surface area contributed by atoms with E-state index in [1.807, 2.05) is 24.3 Å². The average Bonchev–Trinajstić information content (AvgIpc) is 3.31. The van der Waals surface area contributed by atoms with Crippen molar-refractivity contribution in [2.45, 2.75) is 62.2 Å². The van der Waals surface area contributed by atoms with Crippen molar-refractivity contribution in [3.05, 3.63) is 41.2 Å². The van der Waals surface area contributed by atoms with Crippen LogP contribution in [0, 0.1) is 11.3 Å². The number of nitriles is 1. The Morgan fingerprint density at radius 3 is 3.08 bits per heavy atom. The van der Waals surface area contributed by atoms with Gasteiger partial charge in [0.1, 0.15) is 0 Å². The number of nitrogens with two attached hydrogens (primary N) is 1. The minimum Gasteiger partial charge on any atom is -0.376 e. The van der Waals surface area contributed by atoms with Gasteiger partial charge >= 0.3 is 0 Å². The number of thioether (sulfide) groups is 1. The summed E-state index contributed by atoms with van der Waals surface area (Å²) in [7, 11) is 0. The maximum Gasteiger partial charge on any atom is 0.191 e. The van der Waals surface area contributed by atoms with E-state index >= 15 is 0 Å². The fourth-order valence-electron chi connectivity index (χ4n) is 3.16. The summed E-state index contributed by atoms with van der Waals surface area (Å²) in [4.78, 5) is 0. The molecule has 6 nitrogen and oxygen atoms in total. The molecule has 0 amide bonds. The van der Waals surface area contributed by atoms with Crippen molar-refractivity contribution in [1.82, 2.24) is 14.8 Å². The highest BCUT2D eigenvalue weighted by molar-refractivity contribution is 7.98. The van der Waals surface area contributed by atoms with E-state index in [0.29, 0.717) is 5.56 Å². The van der Waals surface area contributed by atoms with Crippen molar-refractivity contribution in [3.8, 4) is 6.07 Å². The van der Waals surface area contributed by atoms with Gasteiger partial charge in [-0.05, 0) is 37.0 Å². The first-order chi connectivity index (χ1) is 12.7. The van der Waals surface area contributed by atoms with Gasteiger partial charge in [0, 0.05) is 12.4 Å². The van der Waals surface area contributed by atoms with Crippen LogP contribution in [0.5, 0.6) is 0 Å². The molecule has 138 valence electrons. The molecule has 2 atom stereocenters. The lowest BCUT2D eigenvalue weighted by Gasteiger charge is -2.17. The molecule has 0 bridgehead atoms. The zero-order valence-corrected chi connectivity index (χ0v) is 15.9. The molecular weight excluding hydrogens is 346 g/mol. The molecule has 26 heavy (non-hydrogen) atoms. The minimum absolute atomic E-state index is 0.106. The molecule has 1 aromatic carbocycles. The molecule has 0 saturated carbocycles. The van der Waals surface area contributed by atoms with Gasteiger partial charge < -0.3 is 15.0 Å². The van der Waals surface area contributed by atoms with Crippen LogP contribution in [-0.2, 0) is 17.0 Å². The molecule has 1 saturated heterocycles. The van der Waals surface area contributed by atoms with Crippen LogP contribution in [-0.4, -0.2) is 27.5 Å². The summed E-state index contributed by atoms with van der Waals surface area (Å²) in [6.45, 7) is 3.70. The Kier molecular flexibility index (Phi) is 6.67. The number of aromatic nitrogens is 3. The van der Waals surface area contributed by atoms with E-state index in [4.69, 9.17) is 15.7 Å². The summed E-state index contributed by atoms with van der Waals surface area (Å²) in [5.74, 6) is 1.58. The molecule has 1 fully saturated rings. The Bertz CT molecular complexity index is 764. The third-order valence-electron chi connectivity index (χ3n) is 4.51. The average molecular weight is 372 g/mol. The number of hydrogen-bond donors (Lipinski definition) is 1. The highest BCUT2D eigenvalue weighted by atomic mass is 32.2. The molecule has 2 N–H and O–H groups in total. The predicted molar refractivity (Wildman–Crippen MR) is 102 cm³/mol. The van der Waals surface area contributed by atoms with Crippen molar-refractivity contribution in [1.29, 1.82) is 5.26 Å². The summed E-state index contributed by atoms with van der Waals surface area (Å²) in [5.41, 5.74) is 8.10. The molecule has 1 aliphatic heterocycles. The SMILES string of the molecule is CCCC(N)c1nnc(SCc2cccc(C#N)c2)n1CC1CCCO1. The van der Waals surface area contributed by atoms with Gasteiger partial charge in [0.15, 0.2) is 11.0 Å². The lowest BCUT2D eigenvalue weighted by Crippen LogP contribution is -2.22. The lowest BCUT2D eigenvalue weighted by molar-refractivity contribution is 0.0938. The third-order valence-corrected chi connectivity index (χ3v) is 5.55. The molecule has 2 aromatic rings. The van der Waals surface area contributed by atoms with E-state index in [1.54, 1.807) is 11.8 Å². The molecule has 2 heterocycles. The number of nitrogens with zero attached hydrogens (tertiary/aromatic N) is 4. The van der Waals surface area contributed by atoms with Gasteiger partial charge in [0.2, 0.25) is 0 Å². The molecule has 0 aliphatic carbocycles. The van der Waals surface area contributed by atoms with E-state index in [1.165, 1.54) is 0 Å². The molecule has 0 radical (unpaired) electrons. The van der Waals surface area contributed by atoms with Gasteiger partial charge in [0.25, 0.3) is 0 Å². The van der Waals surface area contributed by atoms with Gasteiger partial charge in [-0.1, -0.05) is 37.2 Å². The Morgan fingerprint density at radius 2 is 2.35 bits per heavy atom. The zero-order chi connectivity index (χ0) is 18.4. The van der Waals surface area contributed by atoms with Crippen molar-refractivity contribution < 1.29 is 4.74 Å². The summed E-state index contributed by atoms with van der Waals surface area (Å²) >= 11 is 1.63. The van der Waals surface area contributed by atoms with Crippen LogP contribution in [0.1, 0.15) is 55.6 Å². The standard InChI is InChI=1S/C19H25N5OS/c1-2-5-17(21)18-22-23-19(24(18)12-16-8-4-9-25-16)26-13-15-7-3-6-14(10-15)11-20/h3,6-7,10,16-17H,2,4-5,8-9,12-13,21H2,1H3. The largest absolute Gasteiger partial charge is 0.376 e. The highest BCUT2D eigenvalue weighted by Crippen LogP contribution is 2.27. The molecule has 2 unspecified atom stereocenters.